The fraction of sp³-hybridized carbons (Fsp3) is 0.438. The van der Waals surface area contributed by atoms with Gasteiger partial charge in [0.25, 0.3) is 11.8 Å². The van der Waals surface area contributed by atoms with E-state index in [2.05, 4.69) is 15.3 Å². The van der Waals surface area contributed by atoms with Crippen molar-refractivity contribution < 1.29 is 9.59 Å². The summed E-state index contributed by atoms with van der Waals surface area (Å²) in [5.41, 5.74) is 3.06. The van der Waals surface area contributed by atoms with Crippen molar-refractivity contribution in [3.8, 4) is 0 Å². The smallest absolute Gasteiger partial charge is 0.270 e. The summed E-state index contributed by atoms with van der Waals surface area (Å²) in [6.07, 6.45) is 6.42. The number of hydrogen-bond acceptors (Lipinski definition) is 4. The van der Waals surface area contributed by atoms with Gasteiger partial charge in [-0.3, -0.25) is 9.59 Å². The average Bonchev–Trinajstić information content (AvgIpc) is 3.25. The van der Waals surface area contributed by atoms with E-state index >= 15 is 0 Å². The number of amides is 2. The Morgan fingerprint density at radius 1 is 1.43 bits per heavy atom. The molecule has 2 aromatic rings. The summed E-state index contributed by atoms with van der Waals surface area (Å²) in [5.74, 6) is 0.00226. The Morgan fingerprint density at radius 2 is 2.30 bits per heavy atom. The van der Waals surface area contributed by atoms with E-state index in [9.17, 15) is 9.59 Å². The van der Waals surface area contributed by atoms with Crippen LogP contribution < -0.4 is 5.32 Å². The second kappa shape index (κ2) is 5.49. The molecule has 1 saturated carbocycles. The lowest BCUT2D eigenvalue weighted by Gasteiger charge is -2.45. The summed E-state index contributed by atoms with van der Waals surface area (Å²) < 4.78 is 0. The van der Waals surface area contributed by atoms with Gasteiger partial charge in [-0.25, -0.2) is 4.98 Å². The van der Waals surface area contributed by atoms with Crippen molar-refractivity contribution >= 4 is 23.2 Å². The molecule has 2 N–H and O–H groups in total. The molecule has 120 valence electrons. The van der Waals surface area contributed by atoms with Gasteiger partial charge in [0.05, 0.1) is 11.1 Å². The first-order chi connectivity index (χ1) is 11.2. The van der Waals surface area contributed by atoms with E-state index < -0.39 is 0 Å². The summed E-state index contributed by atoms with van der Waals surface area (Å²) in [6.45, 7) is 1.59. The van der Waals surface area contributed by atoms with E-state index in [0.717, 1.165) is 37.9 Å². The van der Waals surface area contributed by atoms with Crippen LogP contribution in [0.3, 0.4) is 0 Å². The lowest BCUT2D eigenvalue weighted by atomic mass is 9.65. The molecule has 0 atom stereocenters. The van der Waals surface area contributed by atoms with Crippen molar-refractivity contribution in [2.45, 2.75) is 25.3 Å². The number of carbonyl (C=O) groups is 2. The molecule has 1 spiro atoms. The summed E-state index contributed by atoms with van der Waals surface area (Å²) >= 11 is 1.42. The predicted molar refractivity (Wildman–Crippen MR) is 86.3 cm³/mol. The zero-order valence-electron chi connectivity index (χ0n) is 12.6. The van der Waals surface area contributed by atoms with Crippen LogP contribution in [0.4, 0.5) is 0 Å². The number of nitrogens with one attached hydrogen (secondary N) is 2. The van der Waals surface area contributed by atoms with Gasteiger partial charge >= 0.3 is 0 Å². The Labute approximate surface area is 137 Å². The number of aromatic nitrogens is 2. The molecular weight excluding hydrogens is 312 g/mol. The van der Waals surface area contributed by atoms with E-state index in [-0.39, 0.29) is 23.3 Å². The Balaban J connectivity index is 1.31. The van der Waals surface area contributed by atoms with Crippen molar-refractivity contribution in [1.29, 1.82) is 0 Å². The predicted octanol–water partition coefficient (Wildman–Crippen LogP) is 1.90. The molecule has 6 nitrogen and oxygen atoms in total. The van der Waals surface area contributed by atoms with Crippen molar-refractivity contribution in [3.63, 3.8) is 0 Å². The monoisotopic (exact) mass is 330 g/mol. The third kappa shape index (κ3) is 2.65. The molecule has 23 heavy (non-hydrogen) atoms. The zero-order valence-corrected chi connectivity index (χ0v) is 13.4. The third-order valence-corrected chi connectivity index (χ3v) is 5.52. The molecule has 2 amide bonds. The van der Waals surface area contributed by atoms with E-state index in [4.69, 9.17) is 0 Å². The van der Waals surface area contributed by atoms with E-state index in [0.29, 0.717) is 5.69 Å². The number of carbonyl (C=O) groups excluding carboxylic acids is 2. The molecule has 2 aliphatic rings. The van der Waals surface area contributed by atoms with Gasteiger partial charge in [0, 0.05) is 36.9 Å². The lowest BCUT2D eigenvalue weighted by molar-refractivity contribution is 0.0608. The van der Waals surface area contributed by atoms with Gasteiger partial charge in [-0.2, -0.15) is 0 Å². The highest BCUT2D eigenvalue weighted by atomic mass is 32.1. The first-order valence-corrected chi connectivity index (χ1v) is 8.71. The van der Waals surface area contributed by atoms with Crippen LogP contribution in [0.2, 0.25) is 0 Å². The third-order valence-electron chi connectivity index (χ3n) is 4.93. The van der Waals surface area contributed by atoms with Crippen LogP contribution in [-0.4, -0.2) is 45.8 Å². The first-order valence-electron chi connectivity index (χ1n) is 7.76. The van der Waals surface area contributed by atoms with E-state index in [1.807, 2.05) is 11.0 Å². The van der Waals surface area contributed by atoms with Gasteiger partial charge in [0.2, 0.25) is 0 Å². The minimum absolute atomic E-state index is 0.0932. The van der Waals surface area contributed by atoms with E-state index in [1.165, 1.54) is 11.3 Å². The van der Waals surface area contributed by atoms with E-state index in [1.54, 1.807) is 23.3 Å². The second-order valence-electron chi connectivity index (χ2n) is 6.53. The number of H-pyrrole nitrogens is 1. The maximum atomic E-state index is 12.4. The van der Waals surface area contributed by atoms with Crippen molar-refractivity contribution in [2.24, 2.45) is 5.41 Å². The number of hydrogen-bond donors (Lipinski definition) is 2. The Hall–Kier alpha value is -2.15. The molecule has 0 radical (unpaired) electrons. The average molecular weight is 330 g/mol. The normalized spacial score (nSPS) is 26.3. The molecular formula is C16H18N4O2S. The van der Waals surface area contributed by atoms with Gasteiger partial charge in [-0.1, -0.05) is 0 Å². The molecule has 0 bridgehead atoms. The van der Waals surface area contributed by atoms with Gasteiger partial charge < -0.3 is 15.2 Å². The minimum atomic E-state index is -0.0932. The molecule has 1 aliphatic heterocycles. The standard InChI is InChI=1S/C16H18N4O2S/c21-14(13-8-23-10-18-13)19-12-5-16(6-12)2-4-20(9-16)15(22)11-1-3-17-7-11/h1,3,7-8,10,12,17H,2,4-6,9H2,(H,19,21). The van der Waals surface area contributed by atoms with Crippen LogP contribution in [-0.2, 0) is 0 Å². The largest absolute Gasteiger partial charge is 0.367 e. The van der Waals surface area contributed by atoms with Crippen LogP contribution in [0.5, 0.6) is 0 Å². The summed E-state index contributed by atoms with van der Waals surface area (Å²) in [7, 11) is 0. The van der Waals surface area contributed by atoms with Gasteiger partial charge in [0.1, 0.15) is 5.69 Å². The Kier molecular flexibility index (Phi) is 3.45. The number of thiazole rings is 1. The fourth-order valence-electron chi connectivity index (χ4n) is 3.75. The van der Waals surface area contributed by atoms with Crippen LogP contribution >= 0.6 is 11.3 Å². The topological polar surface area (TPSA) is 78.1 Å². The first kappa shape index (κ1) is 14.4. The SMILES string of the molecule is O=C(NC1CC2(CCN(C(=O)c3cc[nH]c3)C2)C1)c1cscn1. The molecule has 2 aromatic heterocycles. The fourth-order valence-corrected chi connectivity index (χ4v) is 4.28. The molecule has 1 aliphatic carbocycles. The number of likely N-dealkylation sites (tertiary alicyclic amines) is 1. The number of rotatable bonds is 3. The highest BCUT2D eigenvalue weighted by molar-refractivity contribution is 7.07. The molecule has 0 unspecified atom stereocenters. The maximum absolute atomic E-state index is 12.4. The molecule has 3 heterocycles. The molecule has 2 fully saturated rings. The van der Waals surface area contributed by atoms with Crippen LogP contribution in [0.15, 0.2) is 29.4 Å². The highest BCUT2D eigenvalue weighted by Gasteiger charge is 2.49. The summed E-state index contributed by atoms with van der Waals surface area (Å²) in [5, 5.41) is 4.80. The summed E-state index contributed by atoms with van der Waals surface area (Å²) in [6, 6.07) is 2.01. The van der Waals surface area contributed by atoms with Crippen LogP contribution in [0, 0.1) is 5.41 Å². The number of aromatic amines is 1. The molecule has 1 saturated heterocycles. The zero-order chi connectivity index (χ0) is 15.9. The van der Waals surface area contributed by atoms with Gasteiger partial charge in [-0.15, -0.1) is 11.3 Å². The van der Waals surface area contributed by atoms with Crippen molar-refractivity contribution in [3.05, 3.63) is 40.6 Å². The minimum Gasteiger partial charge on any atom is -0.367 e. The quantitative estimate of drug-likeness (QED) is 0.902. The Morgan fingerprint density at radius 3 is 3.00 bits per heavy atom. The lowest BCUT2D eigenvalue weighted by Crippen LogP contribution is -2.52. The van der Waals surface area contributed by atoms with Crippen molar-refractivity contribution in [1.82, 2.24) is 20.2 Å². The number of nitrogens with zero attached hydrogens (tertiary/aromatic N) is 2. The van der Waals surface area contributed by atoms with Crippen LogP contribution in [0.1, 0.15) is 40.1 Å². The van der Waals surface area contributed by atoms with Gasteiger partial charge in [-0.05, 0) is 30.7 Å². The van der Waals surface area contributed by atoms with Crippen molar-refractivity contribution in [2.75, 3.05) is 13.1 Å². The summed E-state index contributed by atoms with van der Waals surface area (Å²) in [4.78, 5) is 33.3. The molecule has 7 heteroatoms. The van der Waals surface area contributed by atoms with Crippen LogP contribution in [0.25, 0.3) is 0 Å². The Bertz CT molecular complexity index is 705. The second-order valence-corrected chi connectivity index (χ2v) is 7.25. The molecule has 0 aromatic carbocycles. The maximum Gasteiger partial charge on any atom is 0.270 e. The highest BCUT2D eigenvalue weighted by Crippen LogP contribution is 2.48. The molecule has 4 rings (SSSR count). The van der Waals surface area contributed by atoms with Gasteiger partial charge in [0.15, 0.2) is 0 Å².